The first kappa shape index (κ1) is 19.6. The molecule has 0 fully saturated rings. The minimum Gasteiger partial charge on any atom is -0.461 e. The lowest BCUT2D eigenvalue weighted by Crippen LogP contribution is -2.14. The van der Waals surface area contributed by atoms with E-state index in [2.05, 4.69) is 31.3 Å². The Morgan fingerprint density at radius 1 is 1.11 bits per heavy atom. The summed E-state index contributed by atoms with van der Waals surface area (Å²) in [5, 5.41) is 9.98. The largest absolute Gasteiger partial charge is 0.461 e. The van der Waals surface area contributed by atoms with Gasteiger partial charge in [0, 0.05) is 10.0 Å². The number of rotatable bonds is 5. The van der Waals surface area contributed by atoms with Gasteiger partial charge in [-0.25, -0.2) is 18.4 Å². The highest BCUT2D eigenvalue weighted by atomic mass is 79.9. The molecule has 2 aromatic carbocycles. The second-order valence-electron chi connectivity index (χ2n) is 5.37. The molecular weight excluding hydrogens is 440 g/mol. The molecule has 0 saturated heterocycles. The molecule has 0 unspecified atom stereocenters. The molecule has 1 aromatic heterocycles. The van der Waals surface area contributed by atoms with Crippen molar-refractivity contribution >= 4 is 27.9 Å². The van der Waals surface area contributed by atoms with Gasteiger partial charge in [0.25, 0.3) is 0 Å². The summed E-state index contributed by atoms with van der Waals surface area (Å²) in [5.74, 6) is -4.16. The number of ether oxygens (including phenoxy) is 2. The average molecular weight is 452 g/mol. The van der Waals surface area contributed by atoms with Crippen LogP contribution in [-0.2, 0) is 4.74 Å². The van der Waals surface area contributed by atoms with E-state index in [-0.39, 0.29) is 29.3 Å². The van der Waals surface area contributed by atoms with Crippen molar-refractivity contribution in [1.29, 1.82) is 0 Å². The molecule has 0 aliphatic heterocycles. The second kappa shape index (κ2) is 8.26. The fourth-order valence-electron chi connectivity index (χ4n) is 2.38. The Labute approximate surface area is 165 Å². The molecule has 10 heteroatoms. The fraction of sp³-hybridized carbons (Fsp3) is 0.111. The smallest absolute Gasteiger partial charge is 0.361 e. The molecule has 3 aromatic rings. The summed E-state index contributed by atoms with van der Waals surface area (Å²) >= 11 is 3.27. The molecule has 0 saturated carbocycles. The Bertz CT molecular complexity index is 1030. The van der Waals surface area contributed by atoms with Gasteiger partial charge in [0.15, 0.2) is 5.69 Å². The maximum atomic E-state index is 13.9. The van der Waals surface area contributed by atoms with Crippen LogP contribution in [-0.4, -0.2) is 34.0 Å². The topological polar surface area (TPSA) is 94.2 Å². The standard InChI is InChI=1S/C18H12BrF2N3O4/c1-2-27-18(26)16-15(22-24-23-16)10-8-9(19)6-7-13(10)28-17(25)14-11(20)4-3-5-12(14)21/h3-8H,2H2,1H3,(H,22,23,24). The maximum absolute atomic E-state index is 13.9. The van der Waals surface area contributed by atoms with Gasteiger partial charge >= 0.3 is 11.9 Å². The first-order valence-electron chi connectivity index (χ1n) is 7.96. The Morgan fingerprint density at radius 2 is 1.82 bits per heavy atom. The molecule has 144 valence electrons. The van der Waals surface area contributed by atoms with Gasteiger partial charge < -0.3 is 9.47 Å². The van der Waals surface area contributed by atoms with Crippen LogP contribution in [0.15, 0.2) is 40.9 Å². The highest BCUT2D eigenvalue weighted by Crippen LogP contribution is 2.34. The van der Waals surface area contributed by atoms with E-state index < -0.39 is 29.1 Å². The fourth-order valence-corrected chi connectivity index (χ4v) is 2.74. The Morgan fingerprint density at radius 3 is 2.50 bits per heavy atom. The number of nitrogens with zero attached hydrogens (tertiary/aromatic N) is 2. The summed E-state index contributed by atoms with van der Waals surface area (Å²) in [6, 6.07) is 7.47. The van der Waals surface area contributed by atoms with Gasteiger partial charge in [0.1, 0.15) is 28.6 Å². The molecule has 3 rings (SSSR count). The number of aromatic nitrogens is 3. The monoisotopic (exact) mass is 451 g/mol. The number of benzene rings is 2. The van der Waals surface area contributed by atoms with Crippen LogP contribution in [0.1, 0.15) is 27.8 Å². The number of hydrogen-bond acceptors (Lipinski definition) is 6. The average Bonchev–Trinajstić information content (AvgIpc) is 3.13. The van der Waals surface area contributed by atoms with E-state index in [0.29, 0.717) is 4.47 Å². The molecule has 7 nitrogen and oxygen atoms in total. The molecule has 28 heavy (non-hydrogen) atoms. The van der Waals surface area contributed by atoms with E-state index in [1.165, 1.54) is 12.1 Å². The highest BCUT2D eigenvalue weighted by Gasteiger charge is 2.25. The van der Waals surface area contributed by atoms with Crippen molar-refractivity contribution in [2.45, 2.75) is 6.92 Å². The number of H-pyrrole nitrogens is 1. The molecule has 1 N–H and O–H groups in total. The van der Waals surface area contributed by atoms with E-state index in [1.54, 1.807) is 13.0 Å². The van der Waals surface area contributed by atoms with Gasteiger partial charge in [-0.2, -0.15) is 10.3 Å². The van der Waals surface area contributed by atoms with E-state index >= 15 is 0 Å². The first-order valence-corrected chi connectivity index (χ1v) is 8.75. The van der Waals surface area contributed by atoms with Crippen LogP contribution in [0.4, 0.5) is 8.78 Å². The molecule has 0 spiro atoms. The number of carbonyl (C=O) groups is 2. The third kappa shape index (κ3) is 3.91. The van der Waals surface area contributed by atoms with E-state index in [4.69, 9.17) is 9.47 Å². The van der Waals surface area contributed by atoms with Crippen LogP contribution in [0.3, 0.4) is 0 Å². The minimum absolute atomic E-state index is 0.0524. The second-order valence-corrected chi connectivity index (χ2v) is 6.28. The molecule has 0 amide bonds. The summed E-state index contributed by atoms with van der Waals surface area (Å²) in [5.41, 5.74) is -0.718. The van der Waals surface area contributed by atoms with Gasteiger partial charge in [0.2, 0.25) is 0 Å². The van der Waals surface area contributed by atoms with Gasteiger partial charge in [0.05, 0.1) is 6.61 Å². The lowest BCUT2D eigenvalue weighted by molar-refractivity contribution is 0.0520. The van der Waals surface area contributed by atoms with Crippen molar-refractivity contribution < 1.29 is 27.8 Å². The first-order chi connectivity index (χ1) is 13.4. The predicted octanol–water partition coefficient (Wildman–Crippen LogP) is 3.91. The van der Waals surface area contributed by atoms with Crippen LogP contribution in [0.2, 0.25) is 0 Å². The van der Waals surface area contributed by atoms with Gasteiger partial charge in [-0.3, -0.25) is 0 Å². The molecule has 0 radical (unpaired) electrons. The highest BCUT2D eigenvalue weighted by molar-refractivity contribution is 9.10. The zero-order valence-corrected chi connectivity index (χ0v) is 15.9. The van der Waals surface area contributed by atoms with Crippen molar-refractivity contribution in [3.8, 4) is 17.0 Å². The van der Waals surface area contributed by atoms with E-state index in [0.717, 1.165) is 18.2 Å². The zero-order chi connectivity index (χ0) is 20.3. The van der Waals surface area contributed by atoms with E-state index in [1.807, 2.05) is 0 Å². The Balaban J connectivity index is 2.03. The van der Waals surface area contributed by atoms with Gasteiger partial charge in [-0.05, 0) is 37.3 Å². The lowest BCUT2D eigenvalue weighted by atomic mass is 10.1. The molecular formula is C18H12BrF2N3O4. The van der Waals surface area contributed by atoms with E-state index in [9.17, 15) is 18.4 Å². The van der Waals surface area contributed by atoms with Crippen molar-refractivity contribution in [3.05, 3.63) is 63.8 Å². The summed E-state index contributed by atoms with van der Waals surface area (Å²) in [6.07, 6.45) is 0. The number of hydrogen-bond donors (Lipinski definition) is 1. The lowest BCUT2D eigenvalue weighted by Gasteiger charge is -2.11. The number of carbonyl (C=O) groups excluding carboxylic acids is 2. The van der Waals surface area contributed by atoms with Crippen molar-refractivity contribution in [2.24, 2.45) is 0 Å². The number of halogens is 3. The molecule has 1 heterocycles. The predicted molar refractivity (Wildman–Crippen MR) is 96.8 cm³/mol. The normalized spacial score (nSPS) is 10.6. The third-order valence-electron chi connectivity index (χ3n) is 3.58. The SMILES string of the molecule is CCOC(=O)c1n[nH]nc1-c1cc(Br)ccc1OC(=O)c1c(F)cccc1F. The van der Waals surface area contributed by atoms with Crippen LogP contribution >= 0.6 is 15.9 Å². The molecule has 0 atom stereocenters. The van der Waals surface area contributed by atoms with Crippen LogP contribution in [0.5, 0.6) is 5.75 Å². The van der Waals surface area contributed by atoms with Crippen LogP contribution < -0.4 is 4.74 Å². The number of aromatic amines is 1. The Hall–Kier alpha value is -3.14. The van der Waals surface area contributed by atoms with Crippen LogP contribution in [0, 0.1) is 11.6 Å². The number of esters is 2. The van der Waals surface area contributed by atoms with Crippen LogP contribution in [0.25, 0.3) is 11.3 Å². The third-order valence-corrected chi connectivity index (χ3v) is 4.08. The van der Waals surface area contributed by atoms with Gasteiger partial charge in [-0.1, -0.05) is 22.0 Å². The quantitative estimate of drug-likeness (QED) is 0.466. The summed E-state index contributed by atoms with van der Waals surface area (Å²) < 4.78 is 38.4. The Kier molecular flexibility index (Phi) is 5.78. The summed E-state index contributed by atoms with van der Waals surface area (Å²) in [7, 11) is 0. The maximum Gasteiger partial charge on any atom is 0.361 e. The van der Waals surface area contributed by atoms with Crippen molar-refractivity contribution in [2.75, 3.05) is 6.61 Å². The van der Waals surface area contributed by atoms with Gasteiger partial charge in [-0.15, -0.1) is 5.10 Å². The summed E-state index contributed by atoms with van der Waals surface area (Å²) in [4.78, 5) is 24.4. The zero-order valence-electron chi connectivity index (χ0n) is 14.3. The molecule has 0 aliphatic carbocycles. The molecule has 0 aliphatic rings. The van der Waals surface area contributed by atoms with Crippen molar-refractivity contribution in [1.82, 2.24) is 15.4 Å². The number of nitrogens with one attached hydrogen (secondary N) is 1. The molecule has 0 bridgehead atoms. The van der Waals surface area contributed by atoms with Crippen molar-refractivity contribution in [3.63, 3.8) is 0 Å². The summed E-state index contributed by atoms with van der Waals surface area (Å²) in [6.45, 7) is 1.75. The minimum atomic E-state index is -1.24.